The standard InChI is InChI=1S/C20H23FN2O3S/c21-16-8-5-15(6-9-16)7-14-20(24)22-17-10-12-19(13-11-17)27(25,26)23-18-3-1-2-4-18/h5-6,8-13,18,23H,1-4,7,14H2,(H,22,24). The lowest BCUT2D eigenvalue weighted by atomic mass is 10.1. The van der Waals surface area contributed by atoms with Gasteiger partial charge in [-0.15, -0.1) is 0 Å². The molecule has 1 amide bonds. The highest BCUT2D eigenvalue weighted by Gasteiger charge is 2.22. The van der Waals surface area contributed by atoms with E-state index in [1.165, 1.54) is 24.3 Å². The highest BCUT2D eigenvalue weighted by atomic mass is 32.2. The molecule has 2 aromatic carbocycles. The van der Waals surface area contributed by atoms with Crippen LogP contribution in [0.15, 0.2) is 53.4 Å². The van der Waals surface area contributed by atoms with Crippen LogP contribution in [-0.2, 0) is 21.2 Å². The maximum absolute atomic E-state index is 12.9. The monoisotopic (exact) mass is 390 g/mol. The van der Waals surface area contributed by atoms with Crippen LogP contribution in [0.25, 0.3) is 0 Å². The van der Waals surface area contributed by atoms with E-state index in [0.717, 1.165) is 31.2 Å². The van der Waals surface area contributed by atoms with Crippen molar-refractivity contribution in [3.8, 4) is 0 Å². The van der Waals surface area contributed by atoms with Gasteiger partial charge in [0.2, 0.25) is 15.9 Å². The highest BCUT2D eigenvalue weighted by molar-refractivity contribution is 7.89. The van der Waals surface area contributed by atoms with Crippen molar-refractivity contribution in [3.63, 3.8) is 0 Å². The number of sulfonamides is 1. The number of carbonyl (C=O) groups is 1. The number of hydrogen-bond donors (Lipinski definition) is 2. The van der Waals surface area contributed by atoms with Crippen molar-refractivity contribution in [1.82, 2.24) is 4.72 Å². The maximum Gasteiger partial charge on any atom is 0.240 e. The van der Waals surface area contributed by atoms with E-state index in [2.05, 4.69) is 10.0 Å². The van der Waals surface area contributed by atoms with Gasteiger partial charge in [0.15, 0.2) is 0 Å². The van der Waals surface area contributed by atoms with E-state index in [4.69, 9.17) is 0 Å². The summed E-state index contributed by atoms with van der Waals surface area (Å²) in [5.74, 6) is -0.486. The predicted molar refractivity (Wildman–Crippen MR) is 102 cm³/mol. The fraction of sp³-hybridized carbons (Fsp3) is 0.350. The number of nitrogens with one attached hydrogen (secondary N) is 2. The van der Waals surface area contributed by atoms with E-state index >= 15 is 0 Å². The van der Waals surface area contributed by atoms with Crippen LogP contribution in [0.2, 0.25) is 0 Å². The van der Waals surface area contributed by atoms with Crippen LogP contribution in [0, 0.1) is 5.82 Å². The Morgan fingerprint density at radius 2 is 1.63 bits per heavy atom. The van der Waals surface area contributed by atoms with E-state index in [9.17, 15) is 17.6 Å². The second-order valence-electron chi connectivity index (χ2n) is 6.80. The molecule has 0 aliphatic heterocycles. The first-order valence-electron chi connectivity index (χ1n) is 9.09. The Kier molecular flexibility index (Phi) is 6.23. The number of rotatable bonds is 7. The second-order valence-corrected chi connectivity index (χ2v) is 8.52. The van der Waals surface area contributed by atoms with Gasteiger partial charge in [-0.25, -0.2) is 17.5 Å². The minimum Gasteiger partial charge on any atom is -0.326 e. The van der Waals surface area contributed by atoms with E-state index in [1.807, 2.05) is 0 Å². The van der Waals surface area contributed by atoms with E-state index in [-0.39, 0.29) is 29.1 Å². The molecule has 7 heteroatoms. The molecule has 1 aliphatic carbocycles. The van der Waals surface area contributed by atoms with Crippen molar-refractivity contribution in [2.24, 2.45) is 0 Å². The zero-order valence-corrected chi connectivity index (χ0v) is 15.8. The van der Waals surface area contributed by atoms with Crippen molar-refractivity contribution in [2.45, 2.75) is 49.5 Å². The van der Waals surface area contributed by atoms with Gasteiger partial charge < -0.3 is 5.32 Å². The van der Waals surface area contributed by atoms with Gasteiger partial charge in [0.25, 0.3) is 0 Å². The summed E-state index contributed by atoms with van der Waals surface area (Å²) in [6, 6.07) is 12.2. The molecule has 5 nitrogen and oxygen atoms in total. The summed E-state index contributed by atoms with van der Waals surface area (Å²) >= 11 is 0. The van der Waals surface area contributed by atoms with Crippen LogP contribution in [-0.4, -0.2) is 20.4 Å². The molecule has 0 spiro atoms. The largest absolute Gasteiger partial charge is 0.326 e. The molecule has 0 unspecified atom stereocenters. The quantitative estimate of drug-likeness (QED) is 0.758. The number of benzene rings is 2. The Balaban J connectivity index is 1.53. The van der Waals surface area contributed by atoms with Crippen molar-refractivity contribution >= 4 is 21.6 Å². The van der Waals surface area contributed by atoms with Crippen molar-refractivity contribution in [2.75, 3.05) is 5.32 Å². The summed E-state index contributed by atoms with van der Waals surface area (Å²) in [5.41, 5.74) is 1.42. The molecule has 0 aromatic heterocycles. The van der Waals surface area contributed by atoms with E-state index in [0.29, 0.717) is 12.1 Å². The second kappa shape index (κ2) is 8.63. The summed E-state index contributed by atoms with van der Waals surface area (Å²) in [7, 11) is -3.53. The molecular weight excluding hydrogens is 367 g/mol. The average molecular weight is 390 g/mol. The summed E-state index contributed by atoms with van der Waals surface area (Å²) in [6.07, 6.45) is 4.62. The van der Waals surface area contributed by atoms with Gasteiger partial charge in [0.05, 0.1) is 4.90 Å². The highest BCUT2D eigenvalue weighted by Crippen LogP contribution is 2.21. The average Bonchev–Trinajstić information content (AvgIpc) is 3.14. The lowest BCUT2D eigenvalue weighted by Crippen LogP contribution is -2.32. The van der Waals surface area contributed by atoms with Crippen molar-refractivity contribution in [3.05, 3.63) is 59.9 Å². The maximum atomic E-state index is 12.9. The minimum atomic E-state index is -3.53. The Morgan fingerprint density at radius 1 is 1.00 bits per heavy atom. The molecule has 2 aromatic rings. The van der Waals surface area contributed by atoms with Gasteiger partial charge in [-0.2, -0.15) is 0 Å². The normalized spacial score (nSPS) is 15.0. The Bertz CT molecular complexity index is 874. The molecule has 2 N–H and O–H groups in total. The van der Waals surface area contributed by atoms with E-state index < -0.39 is 10.0 Å². The Labute approximate surface area is 159 Å². The van der Waals surface area contributed by atoms with E-state index in [1.54, 1.807) is 24.3 Å². The first-order valence-corrected chi connectivity index (χ1v) is 10.6. The zero-order valence-electron chi connectivity index (χ0n) is 14.9. The van der Waals surface area contributed by atoms with Crippen LogP contribution in [0.1, 0.15) is 37.7 Å². The minimum absolute atomic E-state index is 0.0147. The van der Waals surface area contributed by atoms with Crippen LogP contribution in [0.5, 0.6) is 0 Å². The van der Waals surface area contributed by atoms with Gasteiger partial charge in [-0.05, 0) is 61.2 Å². The third-order valence-electron chi connectivity index (χ3n) is 4.68. The predicted octanol–water partition coefficient (Wildman–Crippen LogP) is 3.62. The number of anilines is 1. The van der Waals surface area contributed by atoms with Gasteiger partial charge in [-0.3, -0.25) is 4.79 Å². The zero-order chi connectivity index (χ0) is 19.3. The fourth-order valence-corrected chi connectivity index (χ4v) is 4.49. The van der Waals surface area contributed by atoms with Crippen LogP contribution in [0.4, 0.5) is 10.1 Å². The molecule has 1 aliphatic rings. The van der Waals surface area contributed by atoms with Gasteiger partial charge in [0.1, 0.15) is 5.82 Å². The van der Waals surface area contributed by atoms with Gasteiger partial charge in [0, 0.05) is 18.2 Å². The molecule has 0 radical (unpaired) electrons. The molecule has 27 heavy (non-hydrogen) atoms. The van der Waals surface area contributed by atoms with Crippen molar-refractivity contribution < 1.29 is 17.6 Å². The Morgan fingerprint density at radius 3 is 2.26 bits per heavy atom. The summed E-state index contributed by atoms with van der Waals surface area (Å²) in [4.78, 5) is 12.2. The lowest BCUT2D eigenvalue weighted by molar-refractivity contribution is -0.116. The topological polar surface area (TPSA) is 75.3 Å². The molecule has 0 heterocycles. The molecule has 0 atom stereocenters. The molecule has 1 fully saturated rings. The Hall–Kier alpha value is -2.25. The van der Waals surface area contributed by atoms with Crippen LogP contribution in [0.3, 0.4) is 0 Å². The van der Waals surface area contributed by atoms with Crippen LogP contribution < -0.4 is 10.0 Å². The lowest BCUT2D eigenvalue weighted by Gasteiger charge is -2.13. The molecule has 0 bridgehead atoms. The molecule has 1 saturated carbocycles. The third-order valence-corrected chi connectivity index (χ3v) is 6.22. The number of hydrogen-bond acceptors (Lipinski definition) is 3. The summed E-state index contributed by atoms with van der Waals surface area (Å²) in [5, 5.41) is 2.75. The number of carbonyl (C=O) groups excluding carboxylic acids is 1. The van der Waals surface area contributed by atoms with Gasteiger partial charge in [-0.1, -0.05) is 25.0 Å². The summed E-state index contributed by atoms with van der Waals surface area (Å²) < 4.78 is 40.4. The number of halogens is 1. The van der Waals surface area contributed by atoms with Crippen molar-refractivity contribution in [1.29, 1.82) is 0 Å². The summed E-state index contributed by atoms with van der Waals surface area (Å²) in [6.45, 7) is 0. The number of aryl methyl sites for hydroxylation is 1. The molecule has 144 valence electrons. The van der Waals surface area contributed by atoms with Gasteiger partial charge >= 0.3 is 0 Å². The molecule has 0 saturated heterocycles. The first kappa shape index (κ1) is 19.5. The molecule has 3 rings (SSSR count). The fourth-order valence-electron chi connectivity index (χ4n) is 3.18. The van der Waals surface area contributed by atoms with Crippen LogP contribution >= 0.6 is 0 Å². The first-order chi connectivity index (χ1) is 12.9. The number of amides is 1. The third kappa shape index (κ3) is 5.61. The smallest absolute Gasteiger partial charge is 0.240 e. The SMILES string of the molecule is O=C(CCc1ccc(F)cc1)Nc1ccc(S(=O)(=O)NC2CCCC2)cc1. The molecular formula is C20H23FN2O3S.